The van der Waals surface area contributed by atoms with Crippen molar-refractivity contribution in [3.63, 3.8) is 0 Å². The first kappa shape index (κ1) is 16.7. The molecule has 1 fully saturated rings. The van der Waals surface area contributed by atoms with Crippen LogP contribution in [0.15, 0.2) is 24.3 Å². The summed E-state index contributed by atoms with van der Waals surface area (Å²) < 4.78 is 5.43. The second-order valence-corrected chi connectivity index (χ2v) is 5.85. The van der Waals surface area contributed by atoms with Crippen LogP contribution in [0.4, 0.5) is 5.69 Å². The van der Waals surface area contributed by atoms with Gasteiger partial charge in [-0.15, -0.1) is 0 Å². The number of nitrogens with zero attached hydrogens (tertiary/aromatic N) is 2. The van der Waals surface area contributed by atoms with E-state index < -0.39 is 0 Å². The van der Waals surface area contributed by atoms with Crippen molar-refractivity contribution < 1.29 is 9.53 Å². The van der Waals surface area contributed by atoms with E-state index in [0.29, 0.717) is 12.3 Å². The van der Waals surface area contributed by atoms with Crippen LogP contribution >= 0.6 is 0 Å². The molecule has 4 nitrogen and oxygen atoms in total. The number of hydrogen-bond acceptors (Lipinski definition) is 3. The highest BCUT2D eigenvalue weighted by Crippen LogP contribution is 2.28. The van der Waals surface area contributed by atoms with Gasteiger partial charge in [0.2, 0.25) is 5.91 Å². The van der Waals surface area contributed by atoms with Gasteiger partial charge in [-0.2, -0.15) is 0 Å². The van der Waals surface area contributed by atoms with Crippen LogP contribution in [0.5, 0.6) is 5.75 Å². The molecule has 0 N–H and O–H groups in total. The lowest BCUT2D eigenvalue weighted by Gasteiger charge is -2.36. The Labute approximate surface area is 134 Å². The van der Waals surface area contributed by atoms with Crippen LogP contribution in [0.3, 0.4) is 0 Å². The largest absolute Gasteiger partial charge is 0.495 e. The summed E-state index contributed by atoms with van der Waals surface area (Å²) in [6.07, 6.45) is 5.35. The molecule has 0 radical (unpaired) electrons. The first-order valence-electron chi connectivity index (χ1n) is 8.42. The molecular formula is C18H28N2O2. The van der Waals surface area contributed by atoms with Gasteiger partial charge in [-0.25, -0.2) is 0 Å². The summed E-state index contributed by atoms with van der Waals surface area (Å²) in [7, 11) is 1.70. The van der Waals surface area contributed by atoms with Crippen molar-refractivity contribution in [3.05, 3.63) is 24.3 Å². The lowest BCUT2D eigenvalue weighted by Crippen LogP contribution is -2.48. The Morgan fingerprint density at radius 2 is 1.82 bits per heavy atom. The standard InChI is InChI=1S/C18H28N2O2/c1-3-4-5-6-11-18(21)20-14-12-19(13-15-20)16-9-7-8-10-17(16)22-2/h7-10H,3-6,11-15H2,1-2H3. The molecule has 0 aromatic heterocycles. The van der Waals surface area contributed by atoms with Gasteiger partial charge in [0.05, 0.1) is 12.8 Å². The van der Waals surface area contributed by atoms with Gasteiger partial charge in [0.15, 0.2) is 0 Å². The van der Waals surface area contributed by atoms with E-state index in [1.165, 1.54) is 19.3 Å². The van der Waals surface area contributed by atoms with Crippen molar-refractivity contribution in [2.75, 3.05) is 38.2 Å². The number of benzene rings is 1. The van der Waals surface area contributed by atoms with E-state index in [4.69, 9.17) is 4.74 Å². The molecule has 2 rings (SSSR count). The van der Waals surface area contributed by atoms with E-state index in [0.717, 1.165) is 44.0 Å². The van der Waals surface area contributed by atoms with Gasteiger partial charge in [-0.05, 0) is 18.6 Å². The van der Waals surface area contributed by atoms with Crippen molar-refractivity contribution >= 4 is 11.6 Å². The minimum atomic E-state index is 0.316. The van der Waals surface area contributed by atoms with Crippen molar-refractivity contribution in [3.8, 4) is 5.75 Å². The molecule has 1 aliphatic heterocycles. The Hall–Kier alpha value is -1.71. The Morgan fingerprint density at radius 3 is 2.50 bits per heavy atom. The Morgan fingerprint density at radius 1 is 1.09 bits per heavy atom. The topological polar surface area (TPSA) is 32.8 Å². The summed E-state index contributed by atoms with van der Waals surface area (Å²) in [6.45, 7) is 5.57. The molecule has 1 amide bonds. The number of para-hydroxylation sites is 2. The number of piperazine rings is 1. The molecule has 1 aromatic rings. The molecular weight excluding hydrogens is 276 g/mol. The van der Waals surface area contributed by atoms with Crippen molar-refractivity contribution in [1.29, 1.82) is 0 Å². The Bertz CT molecular complexity index is 468. The van der Waals surface area contributed by atoms with Crippen LogP contribution in [0, 0.1) is 0 Å². The molecule has 0 spiro atoms. The Kier molecular flexibility index (Phi) is 6.56. The molecule has 1 saturated heterocycles. The van der Waals surface area contributed by atoms with Crippen LogP contribution in [0.2, 0.25) is 0 Å². The first-order chi connectivity index (χ1) is 10.8. The number of carbonyl (C=O) groups is 1. The average Bonchev–Trinajstić information content (AvgIpc) is 2.58. The third-order valence-electron chi connectivity index (χ3n) is 4.30. The number of methoxy groups -OCH3 is 1. The number of carbonyl (C=O) groups excluding carboxylic acids is 1. The number of rotatable bonds is 7. The van der Waals surface area contributed by atoms with Crippen LogP contribution in [-0.2, 0) is 4.79 Å². The highest BCUT2D eigenvalue weighted by molar-refractivity contribution is 5.76. The fourth-order valence-corrected chi connectivity index (χ4v) is 2.95. The summed E-state index contributed by atoms with van der Waals surface area (Å²) >= 11 is 0. The molecule has 1 heterocycles. The molecule has 22 heavy (non-hydrogen) atoms. The van der Waals surface area contributed by atoms with E-state index in [2.05, 4.69) is 17.9 Å². The summed E-state index contributed by atoms with van der Waals surface area (Å²) in [5.41, 5.74) is 1.13. The highest BCUT2D eigenvalue weighted by atomic mass is 16.5. The first-order valence-corrected chi connectivity index (χ1v) is 8.42. The zero-order valence-electron chi connectivity index (χ0n) is 13.9. The fourth-order valence-electron chi connectivity index (χ4n) is 2.95. The zero-order chi connectivity index (χ0) is 15.8. The van der Waals surface area contributed by atoms with Gasteiger partial charge in [-0.1, -0.05) is 38.3 Å². The normalized spacial score (nSPS) is 15.0. The summed E-state index contributed by atoms with van der Waals surface area (Å²) in [4.78, 5) is 16.5. The number of amides is 1. The average molecular weight is 304 g/mol. The molecule has 1 aliphatic rings. The maximum atomic E-state index is 12.2. The van der Waals surface area contributed by atoms with Gasteiger partial charge >= 0.3 is 0 Å². The van der Waals surface area contributed by atoms with E-state index in [9.17, 15) is 4.79 Å². The van der Waals surface area contributed by atoms with Gasteiger partial charge in [-0.3, -0.25) is 4.79 Å². The quantitative estimate of drug-likeness (QED) is 0.725. The second kappa shape index (κ2) is 8.66. The molecule has 0 aliphatic carbocycles. The summed E-state index contributed by atoms with van der Waals surface area (Å²) in [5, 5.41) is 0. The smallest absolute Gasteiger partial charge is 0.222 e. The molecule has 0 atom stereocenters. The van der Waals surface area contributed by atoms with E-state index >= 15 is 0 Å². The lowest BCUT2D eigenvalue weighted by atomic mass is 10.1. The van der Waals surface area contributed by atoms with E-state index in [1.54, 1.807) is 7.11 Å². The predicted octanol–water partition coefficient (Wildman–Crippen LogP) is 3.31. The number of anilines is 1. The number of ether oxygens (including phenoxy) is 1. The maximum absolute atomic E-state index is 12.2. The number of unbranched alkanes of at least 4 members (excludes halogenated alkanes) is 3. The van der Waals surface area contributed by atoms with Crippen molar-refractivity contribution in [2.45, 2.75) is 39.0 Å². The van der Waals surface area contributed by atoms with Gasteiger partial charge in [0.1, 0.15) is 5.75 Å². The summed E-state index contributed by atoms with van der Waals surface area (Å²) in [5.74, 6) is 1.22. The van der Waals surface area contributed by atoms with E-state index in [-0.39, 0.29) is 0 Å². The number of hydrogen-bond donors (Lipinski definition) is 0. The minimum Gasteiger partial charge on any atom is -0.495 e. The second-order valence-electron chi connectivity index (χ2n) is 5.85. The van der Waals surface area contributed by atoms with Gasteiger partial charge in [0, 0.05) is 32.6 Å². The molecule has 0 bridgehead atoms. The molecule has 1 aromatic carbocycles. The van der Waals surface area contributed by atoms with Crippen molar-refractivity contribution in [2.24, 2.45) is 0 Å². The third kappa shape index (κ3) is 4.39. The minimum absolute atomic E-state index is 0.316. The van der Waals surface area contributed by atoms with Gasteiger partial charge < -0.3 is 14.5 Å². The van der Waals surface area contributed by atoms with Crippen LogP contribution in [0.25, 0.3) is 0 Å². The van der Waals surface area contributed by atoms with E-state index in [1.807, 2.05) is 23.1 Å². The maximum Gasteiger partial charge on any atom is 0.222 e. The van der Waals surface area contributed by atoms with Crippen LogP contribution in [0.1, 0.15) is 39.0 Å². The molecule has 0 unspecified atom stereocenters. The van der Waals surface area contributed by atoms with Crippen LogP contribution < -0.4 is 9.64 Å². The molecule has 0 saturated carbocycles. The summed E-state index contributed by atoms with van der Waals surface area (Å²) in [6, 6.07) is 8.09. The Balaban J connectivity index is 1.81. The monoisotopic (exact) mass is 304 g/mol. The predicted molar refractivity (Wildman–Crippen MR) is 90.5 cm³/mol. The third-order valence-corrected chi connectivity index (χ3v) is 4.30. The van der Waals surface area contributed by atoms with Crippen LogP contribution in [-0.4, -0.2) is 44.1 Å². The van der Waals surface area contributed by atoms with Crippen molar-refractivity contribution in [1.82, 2.24) is 4.90 Å². The fraction of sp³-hybridized carbons (Fsp3) is 0.611. The lowest BCUT2D eigenvalue weighted by molar-refractivity contribution is -0.131. The van der Waals surface area contributed by atoms with Gasteiger partial charge in [0.25, 0.3) is 0 Å². The molecule has 122 valence electrons. The molecule has 4 heteroatoms. The highest BCUT2D eigenvalue weighted by Gasteiger charge is 2.22. The SMILES string of the molecule is CCCCCCC(=O)N1CCN(c2ccccc2OC)CC1. The zero-order valence-corrected chi connectivity index (χ0v) is 13.9.